The molecular formula is C22H25N9O. The van der Waals surface area contributed by atoms with E-state index < -0.39 is 0 Å². The number of H-pyrrole nitrogens is 1. The number of urea groups is 1. The largest absolute Gasteiger partial charge is 0.367 e. The molecule has 0 unspecified atom stereocenters. The summed E-state index contributed by atoms with van der Waals surface area (Å²) >= 11 is 0. The zero-order chi connectivity index (χ0) is 22.3. The predicted octanol–water partition coefficient (Wildman–Crippen LogP) is 2.20. The molecule has 10 heteroatoms. The Bertz CT molecular complexity index is 1100. The van der Waals surface area contributed by atoms with E-state index >= 15 is 0 Å². The molecule has 1 aliphatic rings. The first-order chi connectivity index (χ1) is 15.7. The SMILES string of the molecule is CCNC(=O)Nc1cc(CN2CCN(c3ccc(-c4ncc[nH]4)nc3C#N)CC2)ccn1. The molecule has 3 aromatic rings. The fraction of sp³-hybridized carbons (Fsp3) is 0.318. The Kier molecular flexibility index (Phi) is 6.57. The highest BCUT2D eigenvalue weighted by Gasteiger charge is 2.21. The molecule has 0 spiro atoms. The van der Waals surface area contributed by atoms with Gasteiger partial charge in [-0.2, -0.15) is 5.26 Å². The topological polar surface area (TPSA) is 126 Å². The average Bonchev–Trinajstić information content (AvgIpc) is 3.35. The molecule has 1 saturated heterocycles. The molecule has 0 saturated carbocycles. The van der Waals surface area contributed by atoms with Crippen molar-refractivity contribution in [2.24, 2.45) is 0 Å². The number of piperazine rings is 1. The first-order valence-corrected chi connectivity index (χ1v) is 10.5. The molecule has 1 aliphatic heterocycles. The molecule has 164 valence electrons. The van der Waals surface area contributed by atoms with Crippen molar-refractivity contribution < 1.29 is 4.79 Å². The van der Waals surface area contributed by atoms with E-state index in [0.717, 1.165) is 44.0 Å². The number of nitrogens with one attached hydrogen (secondary N) is 3. The Labute approximate surface area is 186 Å². The number of imidazole rings is 1. The number of pyridine rings is 2. The summed E-state index contributed by atoms with van der Waals surface area (Å²) in [7, 11) is 0. The lowest BCUT2D eigenvalue weighted by molar-refractivity contribution is 0.249. The fourth-order valence-corrected chi connectivity index (χ4v) is 3.69. The standard InChI is InChI=1S/C22H25N9O/c1-2-24-22(32)29-20-13-16(5-6-25-20)15-30-9-11-31(12-10-30)19-4-3-17(28-18(19)14-23)21-26-7-8-27-21/h3-8,13H,2,9-12,15H2,1H3,(H,26,27)(H2,24,25,29,32). The van der Waals surface area contributed by atoms with Crippen molar-refractivity contribution in [2.75, 3.05) is 42.9 Å². The van der Waals surface area contributed by atoms with Gasteiger partial charge in [-0.25, -0.2) is 19.7 Å². The molecule has 0 atom stereocenters. The molecule has 4 heterocycles. The fourth-order valence-electron chi connectivity index (χ4n) is 3.69. The molecule has 1 fully saturated rings. The maximum Gasteiger partial charge on any atom is 0.320 e. The summed E-state index contributed by atoms with van der Waals surface area (Å²) in [5.74, 6) is 1.18. The van der Waals surface area contributed by atoms with Gasteiger partial charge in [-0.1, -0.05) is 0 Å². The number of carbonyl (C=O) groups is 1. The van der Waals surface area contributed by atoms with E-state index in [1.54, 1.807) is 18.6 Å². The van der Waals surface area contributed by atoms with Gasteiger partial charge in [0.1, 0.15) is 17.6 Å². The maximum absolute atomic E-state index is 11.7. The maximum atomic E-state index is 11.7. The van der Waals surface area contributed by atoms with Crippen LogP contribution in [-0.4, -0.2) is 63.6 Å². The lowest BCUT2D eigenvalue weighted by Gasteiger charge is -2.36. The van der Waals surface area contributed by atoms with Crippen molar-refractivity contribution in [3.05, 3.63) is 54.1 Å². The second kappa shape index (κ2) is 9.89. The smallest absolute Gasteiger partial charge is 0.320 e. The number of amides is 2. The normalized spacial score (nSPS) is 14.1. The predicted molar refractivity (Wildman–Crippen MR) is 121 cm³/mol. The van der Waals surface area contributed by atoms with Gasteiger partial charge >= 0.3 is 6.03 Å². The Hall–Kier alpha value is -3.97. The number of anilines is 2. The van der Waals surface area contributed by atoms with Crippen LogP contribution in [0, 0.1) is 11.3 Å². The summed E-state index contributed by atoms with van der Waals surface area (Å²) in [6, 6.07) is 9.65. The van der Waals surface area contributed by atoms with Gasteiger partial charge in [0, 0.05) is 57.9 Å². The molecule has 0 radical (unpaired) electrons. The molecule has 10 nitrogen and oxygen atoms in total. The number of nitrogens with zero attached hydrogens (tertiary/aromatic N) is 6. The van der Waals surface area contributed by atoms with Crippen LogP contribution in [0.1, 0.15) is 18.2 Å². The molecule has 0 bridgehead atoms. The van der Waals surface area contributed by atoms with Crippen molar-refractivity contribution in [3.8, 4) is 17.6 Å². The highest BCUT2D eigenvalue weighted by Crippen LogP contribution is 2.24. The van der Waals surface area contributed by atoms with Crippen LogP contribution in [-0.2, 0) is 6.54 Å². The van der Waals surface area contributed by atoms with Crippen LogP contribution in [0.25, 0.3) is 11.5 Å². The summed E-state index contributed by atoms with van der Waals surface area (Å²) in [4.78, 5) is 32.2. The number of hydrogen-bond acceptors (Lipinski definition) is 7. The number of aromatic nitrogens is 4. The highest BCUT2D eigenvalue weighted by atomic mass is 16.2. The minimum atomic E-state index is -0.259. The second-order valence-electron chi connectivity index (χ2n) is 7.41. The lowest BCUT2D eigenvalue weighted by atomic mass is 10.2. The van der Waals surface area contributed by atoms with Crippen molar-refractivity contribution in [1.82, 2.24) is 30.2 Å². The van der Waals surface area contributed by atoms with Crippen LogP contribution in [0.4, 0.5) is 16.3 Å². The van der Waals surface area contributed by atoms with Gasteiger partial charge < -0.3 is 15.2 Å². The Morgan fingerprint density at radius 1 is 1.19 bits per heavy atom. The Morgan fingerprint density at radius 2 is 2.03 bits per heavy atom. The molecule has 32 heavy (non-hydrogen) atoms. The summed E-state index contributed by atoms with van der Waals surface area (Å²) in [5, 5.41) is 15.1. The number of nitriles is 1. The van der Waals surface area contributed by atoms with Gasteiger partial charge in [0.15, 0.2) is 11.5 Å². The van der Waals surface area contributed by atoms with E-state index in [2.05, 4.69) is 46.4 Å². The number of carbonyl (C=O) groups excluding carboxylic acids is 1. The molecule has 0 aliphatic carbocycles. The third kappa shape index (κ3) is 5.01. The van der Waals surface area contributed by atoms with E-state index in [1.807, 2.05) is 31.2 Å². The Morgan fingerprint density at radius 3 is 2.75 bits per heavy atom. The van der Waals surface area contributed by atoms with Crippen molar-refractivity contribution in [1.29, 1.82) is 5.26 Å². The summed E-state index contributed by atoms with van der Waals surface area (Å²) in [6.07, 6.45) is 5.11. The molecular weight excluding hydrogens is 406 g/mol. The Balaban J connectivity index is 1.37. The zero-order valence-corrected chi connectivity index (χ0v) is 17.9. The van der Waals surface area contributed by atoms with Gasteiger partial charge in [0.05, 0.1) is 5.69 Å². The van der Waals surface area contributed by atoms with Crippen LogP contribution in [0.3, 0.4) is 0 Å². The lowest BCUT2D eigenvalue weighted by Crippen LogP contribution is -2.46. The molecule has 4 rings (SSSR count). The number of hydrogen-bond donors (Lipinski definition) is 3. The van der Waals surface area contributed by atoms with Gasteiger partial charge in [-0.05, 0) is 36.8 Å². The van der Waals surface area contributed by atoms with Gasteiger partial charge in [-0.15, -0.1) is 0 Å². The van der Waals surface area contributed by atoms with Crippen LogP contribution in [0.2, 0.25) is 0 Å². The van der Waals surface area contributed by atoms with E-state index in [9.17, 15) is 10.1 Å². The van der Waals surface area contributed by atoms with Gasteiger partial charge in [-0.3, -0.25) is 10.2 Å². The molecule has 0 aromatic carbocycles. The van der Waals surface area contributed by atoms with Crippen LogP contribution in [0.15, 0.2) is 42.9 Å². The van der Waals surface area contributed by atoms with Gasteiger partial charge in [0.2, 0.25) is 0 Å². The van der Waals surface area contributed by atoms with Gasteiger partial charge in [0.25, 0.3) is 0 Å². The van der Waals surface area contributed by atoms with E-state index in [-0.39, 0.29) is 6.03 Å². The minimum absolute atomic E-state index is 0.259. The number of aromatic amines is 1. The van der Waals surface area contributed by atoms with Crippen molar-refractivity contribution in [3.63, 3.8) is 0 Å². The summed E-state index contributed by atoms with van der Waals surface area (Å²) < 4.78 is 0. The van der Waals surface area contributed by atoms with E-state index in [4.69, 9.17) is 0 Å². The average molecular weight is 432 g/mol. The third-order valence-corrected chi connectivity index (χ3v) is 5.24. The summed E-state index contributed by atoms with van der Waals surface area (Å²) in [6.45, 7) is 6.49. The summed E-state index contributed by atoms with van der Waals surface area (Å²) in [5.41, 5.74) is 2.99. The molecule has 3 aromatic heterocycles. The van der Waals surface area contributed by atoms with Crippen LogP contribution in [0.5, 0.6) is 0 Å². The van der Waals surface area contributed by atoms with Crippen LogP contribution >= 0.6 is 0 Å². The minimum Gasteiger partial charge on any atom is -0.367 e. The zero-order valence-electron chi connectivity index (χ0n) is 17.9. The van der Waals surface area contributed by atoms with Crippen LogP contribution < -0.4 is 15.5 Å². The highest BCUT2D eigenvalue weighted by molar-refractivity contribution is 5.88. The van der Waals surface area contributed by atoms with Crippen molar-refractivity contribution >= 4 is 17.5 Å². The number of rotatable bonds is 6. The molecule has 3 N–H and O–H groups in total. The second-order valence-corrected chi connectivity index (χ2v) is 7.41. The first-order valence-electron chi connectivity index (χ1n) is 10.5. The molecule has 2 amide bonds. The monoisotopic (exact) mass is 431 g/mol. The third-order valence-electron chi connectivity index (χ3n) is 5.24. The first kappa shape index (κ1) is 21.3. The van der Waals surface area contributed by atoms with E-state index in [0.29, 0.717) is 29.6 Å². The quantitative estimate of drug-likeness (QED) is 0.546. The van der Waals surface area contributed by atoms with E-state index in [1.165, 1.54) is 0 Å². The van der Waals surface area contributed by atoms with Crippen molar-refractivity contribution in [2.45, 2.75) is 13.5 Å².